The van der Waals surface area contributed by atoms with Gasteiger partial charge in [-0.25, -0.2) is 0 Å². The number of pyridine rings is 1. The molecule has 0 fully saturated rings. The Balaban J connectivity index is 1.69. The lowest BCUT2D eigenvalue weighted by molar-refractivity contribution is 0.269. The highest BCUT2D eigenvalue weighted by molar-refractivity contribution is 6.35. The predicted molar refractivity (Wildman–Crippen MR) is 118 cm³/mol. The summed E-state index contributed by atoms with van der Waals surface area (Å²) < 4.78 is 11.7. The van der Waals surface area contributed by atoms with Crippen LogP contribution in [0.2, 0.25) is 15.1 Å². The summed E-state index contributed by atoms with van der Waals surface area (Å²) in [5.41, 5.74) is 2.71. The zero-order chi connectivity index (χ0) is 20.6. The van der Waals surface area contributed by atoms with Gasteiger partial charge in [0, 0.05) is 46.0 Å². The van der Waals surface area contributed by atoms with Crippen molar-refractivity contribution in [2.24, 2.45) is 0 Å². The molecule has 0 atom stereocenters. The van der Waals surface area contributed by atoms with Crippen LogP contribution in [0.4, 0.5) is 0 Å². The molecule has 3 aromatic rings. The quantitative estimate of drug-likeness (QED) is 0.414. The normalized spacial score (nSPS) is 10.8. The Hall–Kier alpha value is -1.98. The van der Waals surface area contributed by atoms with Gasteiger partial charge in [0.1, 0.15) is 6.61 Å². The molecule has 4 nitrogen and oxygen atoms in total. The van der Waals surface area contributed by atoms with Gasteiger partial charge in [0.2, 0.25) is 0 Å². The first kappa shape index (κ1) is 21.7. The lowest BCUT2D eigenvalue weighted by atomic mass is 10.2. The van der Waals surface area contributed by atoms with Crippen LogP contribution < -0.4 is 14.8 Å². The summed E-state index contributed by atoms with van der Waals surface area (Å²) in [5.74, 6) is 1.20. The van der Waals surface area contributed by atoms with Crippen molar-refractivity contribution in [2.75, 3.05) is 6.61 Å². The van der Waals surface area contributed by atoms with Crippen LogP contribution in [0, 0.1) is 0 Å². The molecule has 3 rings (SSSR count). The van der Waals surface area contributed by atoms with E-state index in [9.17, 15) is 0 Å². The molecule has 7 heteroatoms. The van der Waals surface area contributed by atoms with Gasteiger partial charge >= 0.3 is 0 Å². The molecule has 0 saturated carbocycles. The molecular weight excluding hydrogens is 431 g/mol. The van der Waals surface area contributed by atoms with Gasteiger partial charge in [-0.3, -0.25) is 4.98 Å². The van der Waals surface area contributed by atoms with E-state index in [1.807, 2.05) is 37.3 Å². The summed E-state index contributed by atoms with van der Waals surface area (Å²) in [6, 6.07) is 14.8. The fourth-order valence-corrected chi connectivity index (χ4v) is 3.40. The number of aromatic nitrogens is 1. The summed E-state index contributed by atoms with van der Waals surface area (Å²) >= 11 is 18.7. The molecule has 0 spiro atoms. The van der Waals surface area contributed by atoms with Crippen LogP contribution in [0.25, 0.3) is 0 Å². The first-order chi connectivity index (χ1) is 14.1. The Morgan fingerprint density at radius 2 is 1.66 bits per heavy atom. The molecule has 152 valence electrons. The van der Waals surface area contributed by atoms with Crippen molar-refractivity contribution >= 4 is 34.8 Å². The van der Waals surface area contributed by atoms with E-state index < -0.39 is 0 Å². The molecule has 0 unspecified atom stereocenters. The average molecular weight is 452 g/mol. The monoisotopic (exact) mass is 450 g/mol. The third-order valence-corrected chi connectivity index (χ3v) is 5.10. The number of benzene rings is 2. The number of hydrogen-bond donors (Lipinski definition) is 1. The maximum Gasteiger partial charge on any atom is 0.163 e. The Bertz CT molecular complexity index is 952. The number of hydrogen-bond acceptors (Lipinski definition) is 4. The van der Waals surface area contributed by atoms with E-state index in [-0.39, 0.29) is 6.61 Å². The fraction of sp³-hybridized carbons (Fsp3) is 0.227. The summed E-state index contributed by atoms with van der Waals surface area (Å²) in [6.07, 6.45) is 1.77. The van der Waals surface area contributed by atoms with Crippen molar-refractivity contribution < 1.29 is 9.47 Å². The molecule has 29 heavy (non-hydrogen) atoms. The van der Waals surface area contributed by atoms with E-state index in [0.29, 0.717) is 46.3 Å². The number of ether oxygens (including phenoxy) is 2. The van der Waals surface area contributed by atoms with E-state index in [4.69, 9.17) is 44.3 Å². The van der Waals surface area contributed by atoms with Gasteiger partial charge in [-0.15, -0.1) is 0 Å². The van der Waals surface area contributed by atoms with Crippen LogP contribution in [0.15, 0.2) is 54.7 Å². The predicted octanol–water partition coefficient (Wildman–Crippen LogP) is 6.31. The Labute approximate surface area is 185 Å². The topological polar surface area (TPSA) is 43.4 Å². The highest BCUT2D eigenvalue weighted by atomic mass is 35.5. The second kappa shape index (κ2) is 10.7. The first-order valence-electron chi connectivity index (χ1n) is 9.19. The molecule has 2 aromatic carbocycles. The van der Waals surface area contributed by atoms with Crippen molar-refractivity contribution in [3.8, 4) is 11.5 Å². The maximum absolute atomic E-state index is 6.48. The lowest BCUT2D eigenvalue weighted by Crippen LogP contribution is -2.14. The maximum atomic E-state index is 6.48. The van der Waals surface area contributed by atoms with Crippen LogP contribution in [-0.4, -0.2) is 11.6 Å². The molecule has 0 aliphatic carbocycles. The Morgan fingerprint density at radius 3 is 2.38 bits per heavy atom. The van der Waals surface area contributed by atoms with Crippen molar-refractivity contribution in [3.05, 3.63) is 86.6 Å². The van der Waals surface area contributed by atoms with E-state index in [1.165, 1.54) is 0 Å². The molecule has 0 saturated heterocycles. The van der Waals surface area contributed by atoms with Crippen molar-refractivity contribution in [2.45, 2.75) is 26.6 Å². The number of nitrogens with one attached hydrogen (secondary N) is 1. The van der Waals surface area contributed by atoms with Crippen LogP contribution >= 0.6 is 34.8 Å². The average Bonchev–Trinajstić information content (AvgIpc) is 2.71. The van der Waals surface area contributed by atoms with Gasteiger partial charge in [-0.1, -0.05) is 46.9 Å². The van der Waals surface area contributed by atoms with Crippen molar-refractivity contribution in [1.29, 1.82) is 0 Å². The van der Waals surface area contributed by atoms with Gasteiger partial charge in [0.15, 0.2) is 11.5 Å². The third kappa shape index (κ3) is 6.25. The van der Waals surface area contributed by atoms with Crippen LogP contribution in [0.1, 0.15) is 23.7 Å². The summed E-state index contributed by atoms with van der Waals surface area (Å²) in [6.45, 7) is 3.95. The fourth-order valence-electron chi connectivity index (χ4n) is 2.72. The van der Waals surface area contributed by atoms with Gasteiger partial charge < -0.3 is 14.8 Å². The highest BCUT2D eigenvalue weighted by Gasteiger charge is 2.12. The minimum absolute atomic E-state index is 0.281. The minimum Gasteiger partial charge on any atom is -0.490 e. The van der Waals surface area contributed by atoms with E-state index in [1.54, 1.807) is 24.4 Å². The number of rotatable bonds is 9. The van der Waals surface area contributed by atoms with Crippen molar-refractivity contribution in [3.63, 3.8) is 0 Å². The molecule has 0 amide bonds. The van der Waals surface area contributed by atoms with Crippen molar-refractivity contribution in [1.82, 2.24) is 10.3 Å². The van der Waals surface area contributed by atoms with E-state index in [2.05, 4.69) is 10.3 Å². The number of nitrogens with zero attached hydrogens (tertiary/aromatic N) is 1. The van der Waals surface area contributed by atoms with Gasteiger partial charge in [-0.2, -0.15) is 0 Å². The standard InChI is InChI=1S/C22H21Cl3N2O2/c1-2-28-21-9-16(12-26-13-18-5-3-4-8-27-18)20(25)11-22(21)29-14-15-6-7-17(23)10-19(15)24/h3-11,26H,2,12-14H2,1H3. The third-order valence-electron chi connectivity index (χ3n) is 4.16. The zero-order valence-corrected chi connectivity index (χ0v) is 18.2. The zero-order valence-electron chi connectivity index (χ0n) is 15.9. The lowest BCUT2D eigenvalue weighted by Gasteiger charge is -2.16. The SMILES string of the molecule is CCOc1cc(CNCc2ccccn2)c(Cl)cc1OCc1ccc(Cl)cc1Cl. The molecule has 0 aliphatic rings. The molecule has 1 aromatic heterocycles. The molecule has 0 bridgehead atoms. The summed E-state index contributed by atoms with van der Waals surface area (Å²) in [4.78, 5) is 4.30. The minimum atomic E-state index is 0.281. The van der Waals surface area contributed by atoms with Crippen LogP contribution in [0.5, 0.6) is 11.5 Å². The van der Waals surface area contributed by atoms with E-state index >= 15 is 0 Å². The molecule has 0 aliphatic heterocycles. The largest absolute Gasteiger partial charge is 0.490 e. The highest BCUT2D eigenvalue weighted by Crippen LogP contribution is 2.35. The van der Waals surface area contributed by atoms with Gasteiger partial charge in [-0.05, 0) is 42.8 Å². The van der Waals surface area contributed by atoms with E-state index in [0.717, 1.165) is 16.8 Å². The second-order valence-corrected chi connectivity index (χ2v) is 7.52. The smallest absolute Gasteiger partial charge is 0.163 e. The summed E-state index contributed by atoms with van der Waals surface area (Å²) in [7, 11) is 0. The van der Waals surface area contributed by atoms with Gasteiger partial charge in [0.05, 0.1) is 12.3 Å². The molecular formula is C22H21Cl3N2O2. The second-order valence-electron chi connectivity index (χ2n) is 6.27. The first-order valence-corrected chi connectivity index (χ1v) is 10.3. The summed E-state index contributed by atoms with van der Waals surface area (Å²) in [5, 5.41) is 5.08. The van der Waals surface area contributed by atoms with Gasteiger partial charge in [0.25, 0.3) is 0 Å². The Morgan fingerprint density at radius 1 is 0.862 bits per heavy atom. The Kier molecular flexibility index (Phi) is 8.01. The van der Waals surface area contributed by atoms with Crippen LogP contribution in [-0.2, 0) is 19.7 Å². The molecule has 0 radical (unpaired) electrons. The number of halogens is 3. The van der Waals surface area contributed by atoms with Crippen LogP contribution in [0.3, 0.4) is 0 Å². The molecule has 1 N–H and O–H groups in total. The molecule has 1 heterocycles.